The molecule has 0 spiro atoms. The Labute approximate surface area is 440 Å². The fourth-order valence-corrected chi connectivity index (χ4v) is 8.99. The Morgan fingerprint density at radius 3 is 1.23 bits per heavy atom. The van der Waals surface area contributed by atoms with Crippen LogP contribution in [0.25, 0.3) is 0 Å². The van der Waals surface area contributed by atoms with Crippen LogP contribution < -0.4 is 4.89 Å². The van der Waals surface area contributed by atoms with Crippen LogP contribution in [0.15, 0.2) is 72.9 Å². The monoisotopic (exact) mass is 1020 g/mol. The molecule has 0 aliphatic carbocycles. The molecular formula is C62H114NO7P. The summed E-state index contributed by atoms with van der Waals surface area (Å²) in [5, 5.41) is 0. The summed E-state index contributed by atoms with van der Waals surface area (Å²) >= 11 is 0. The van der Waals surface area contributed by atoms with Gasteiger partial charge in [-0.3, -0.25) is 9.36 Å². The summed E-state index contributed by atoms with van der Waals surface area (Å²) in [4.78, 5) is 25.3. The number of likely N-dealkylation sites (N-methyl/N-ethyl adjacent to an activating group) is 1. The lowest BCUT2D eigenvalue weighted by Crippen LogP contribution is -2.37. The minimum atomic E-state index is -4.54. The summed E-state index contributed by atoms with van der Waals surface area (Å²) in [5.74, 6) is -0.346. The van der Waals surface area contributed by atoms with Gasteiger partial charge in [-0.25, -0.2) is 0 Å². The molecular weight excluding hydrogens is 902 g/mol. The number of nitrogens with zero attached hydrogens (tertiary/aromatic N) is 1. The van der Waals surface area contributed by atoms with Gasteiger partial charge in [-0.05, 0) is 64.2 Å². The first-order chi connectivity index (χ1) is 34.6. The minimum absolute atomic E-state index is 0.0211. The zero-order valence-corrected chi connectivity index (χ0v) is 48.1. The van der Waals surface area contributed by atoms with E-state index in [0.717, 1.165) is 83.5 Å². The van der Waals surface area contributed by atoms with E-state index in [4.69, 9.17) is 18.5 Å². The molecule has 71 heavy (non-hydrogen) atoms. The van der Waals surface area contributed by atoms with Crippen molar-refractivity contribution in [3.05, 3.63) is 72.9 Å². The van der Waals surface area contributed by atoms with Gasteiger partial charge in [0, 0.05) is 13.0 Å². The molecule has 0 rings (SSSR count). The molecule has 0 fully saturated rings. The summed E-state index contributed by atoms with van der Waals surface area (Å²) in [7, 11) is 1.35. The van der Waals surface area contributed by atoms with Crippen LogP contribution in [0.1, 0.15) is 258 Å². The molecule has 9 heteroatoms. The van der Waals surface area contributed by atoms with Gasteiger partial charge >= 0.3 is 5.97 Å². The number of allylic oxidation sites excluding steroid dienone is 12. The molecule has 2 unspecified atom stereocenters. The minimum Gasteiger partial charge on any atom is -0.756 e. The largest absolute Gasteiger partial charge is 0.756 e. The van der Waals surface area contributed by atoms with E-state index < -0.39 is 13.9 Å². The summed E-state index contributed by atoms with van der Waals surface area (Å²) in [6.45, 7) is 5.32. The summed E-state index contributed by atoms with van der Waals surface area (Å²) in [6, 6.07) is 0. The number of phosphoric acid groups is 1. The molecule has 0 amide bonds. The van der Waals surface area contributed by atoms with Gasteiger partial charge in [0.25, 0.3) is 7.82 Å². The number of ether oxygens (including phenoxy) is 2. The number of carbonyl (C=O) groups is 1. The second-order valence-electron chi connectivity index (χ2n) is 21.0. The van der Waals surface area contributed by atoms with Crippen molar-refractivity contribution in [2.75, 3.05) is 54.1 Å². The van der Waals surface area contributed by atoms with Crippen LogP contribution >= 0.6 is 7.82 Å². The summed E-state index contributed by atoms with van der Waals surface area (Å²) in [5.41, 5.74) is 0. The molecule has 8 nitrogen and oxygen atoms in total. The average molecular weight is 1020 g/mol. The van der Waals surface area contributed by atoms with Crippen LogP contribution in [0.4, 0.5) is 0 Å². The maximum Gasteiger partial charge on any atom is 0.306 e. The molecule has 0 aliphatic heterocycles. The summed E-state index contributed by atoms with van der Waals surface area (Å²) in [6.07, 6.45) is 72.3. The Balaban J connectivity index is 4.10. The lowest BCUT2D eigenvalue weighted by atomic mass is 10.0. The molecule has 0 aromatic heterocycles. The molecule has 0 saturated heterocycles. The van der Waals surface area contributed by atoms with E-state index >= 15 is 0 Å². The summed E-state index contributed by atoms with van der Waals surface area (Å²) < 4.78 is 34.9. The molecule has 0 N–H and O–H groups in total. The van der Waals surface area contributed by atoms with Crippen LogP contribution in [0, 0.1) is 0 Å². The zero-order valence-electron chi connectivity index (χ0n) is 47.2. The number of rotatable bonds is 55. The smallest absolute Gasteiger partial charge is 0.306 e. The van der Waals surface area contributed by atoms with E-state index in [1.54, 1.807) is 0 Å². The van der Waals surface area contributed by atoms with Gasteiger partial charge in [0.15, 0.2) is 0 Å². The van der Waals surface area contributed by atoms with Crippen molar-refractivity contribution < 1.29 is 37.3 Å². The molecule has 0 aromatic carbocycles. The van der Waals surface area contributed by atoms with Crippen molar-refractivity contribution in [1.29, 1.82) is 0 Å². The molecule has 0 radical (unpaired) electrons. The number of carbonyl (C=O) groups excluding carboxylic acids is 1. The highest BCUT2D eigenvalue weighted by Gasteiger charge is 2.20. The van der Waals surface area contributed by atoms with Crippen molar-refractivity contribution in [2.24, 2.45) is 0 Å². The standard InChI is InChI=1S/C62H114NO7P/c1-6-8-10-12-14-16-18-20-22-24-26-28-30-32-33-35-37-39-41-43-45-47-49-51-53-55-62(64)70-61(60-69-71(65,66)68-58-56-63(3,4)5)59-67-57-54-52-50-48-46-44-42-40-38-36-34-31-29-27-25-23-21-19-17-15-13-11-9-7-2/h8,10,14,16,20,22,26,28,32-33,37,39,61H,6-7,9,11-13,15,17-19,21,23-25,27,29-31,34-36,38,40-60H2,1-5H3/b10-8-,16-14-,22-20-,28-26-,33-32-,39-37-. The second kappa shape index (κ2) is 54.2. The second-order valence-corrected chi connectivity index (χ2v) is 22.4. The average Bonchev–Trinajstić information content (AvgIpc) is 3.33. The van der Waals surface area contributed by atoms with Gasteiger partial charge in [0.1, 0.15) is 19.3 Å². The normalized spacial score (nSPS) is 13.9. The third kappa shape index (κ3) is 58.7. The SMILES string of the molecule is CC/C=C\C/C=C\C/C=C\C/C=C\C/C=C\C/C=C\CCCCCCCCC(=O)OC(COCCCCCCCCCCCCCCCCCCCCCCCCCC)COP(=O)([O-])OCC[N+](C)(C)C. The van der Waals surface area contributed by atoms with Crippen molar-refractivity contribution in [3.63, 3.8) is 0 Å². The number of unbranched alkanes of at least 4 members (excludes halogenated alkanes) is 29. The predicted octanol–water partition coefficient (Wildman–Crippen LogP) is 18.3. The first-order valence-corrected chi connectivity index (χ1v) is 31.1. The number of phosphoric ester groups is 1. The van der Waals surface area contributed by atoms with E-state index in [1.165, 1.54) is 154 Å². The molecule has 0 aliphatic rings. The van der Waals surface area contributed by atoms with Gasteiger partial charge in [0.2, 0.25) is 0 Å². The highest BCUT2D eigenvalue weighted by molar-refractivity contribution is 7.45. The number of hydrogen-bond acceptors (Lipinski definition) is 7. The third-order valence-corrected chi connectivity index (χ3v) is 13.7. The molecule has 0 bridgehead atoms. The highest BCUT2D eigenvalue weighted by Crippen LogP contribution is 2.38. The van der Waals surface area contributed by atoms with Gasteiger partial charge in [-0.1, -0.05) is 260 Å². The van der Waals surface area contributed by atoms with E-state index in [9.17, 15) is 14.3 Å². The number of hydrogen-bond donors (Lipinski definition) is 0. The Kier molecular flexibility index (Phi) is 52.6. The van der Waals surface area contributed by atoms with Crippen LogP contribution in [0.5, 0.6) is 0 Å². The van der Waals surface area contributed by atoms with Crippen molar-refractivity contribution in [2.45, 2.75) is 264 Å². The molecule has 0 aromatic rings. The molecule has 414 valence electrons. The van der Waals surface area contributed by atoms with Crippen LogP contribution in [0.3, 0.4) is 0 Å². The fourth-order valence-electron chi connectivity index (χ4n) is 8.26. The predicted molar refractivity (Wildman–Crippen MR) is 305 cm³/mol. The first kappa shape index (κ1) is 68.9. The zero-order chi connectivity index (χ0) is 51.9. The highest BCUT2D eigenvalue weighted by atomic mass is 31.2. The van der Waals surface area contributed by atoms with Crippen molar-refractivity contribution in [3.8, 4) is 0 Å². The molecule has 0 saturated carbocycles. The Morgan fingerprint density at radius 1 is 0.451 bits per heavy atom. The van der Waals surface area contributed by atoms with Crippen molar-refractivity contribution in [1.82, 2.24) is 0 Å². The quantitative estimate of drug-likeness (QED) is 0.0197. The van der Waals surface area contributed by atoms with Gasteiger partial charge < -0.3 is 27.9 Å². The Bertz CT molecular complexity index is 1370. The van der Waals surface area contributed by atoms with Gasteiger partial charge in [-0.2, -0.15) is 0 Å². The van der Waals surface area contributed by atoms with Crippen molar-refractivity contribution >= 4 is 13.8 Å². The third-order valence-electron chi connectivity index (χ3n) is 12.8. The first-order valence-electron chi connectivity index (χ1n) is 29.7. The lowest BCUT2D eigenvalue weighted by molar-refractivity contribution is -0.870. The molecule has 2 atom stereocenters. The maximum atomic E-state index is 12.8. The number of quaternary nitrogens is 1. The fraction of sp³-hybridized carbons (Fsp3) is 0.790. The Hall–Kier alpha value is -2.06. The lowest BCUT2D eigenvalue weighted by Gasteiger charge is -2.28. The van der Waals surface area contributed by atoms with Gasteiger partial charge in [-0.15, -0.1) is 0 Å². The van der Waals surface area contributed by atoms with E-state index in [1.807, 2.05) is 21.1 Å². The molecule has 0 heterocycles. The van der Waals surface area contributed by atoms with Gasteiger partial charge in [0.05, 0.1) is 34.4 Å². The van der Waals surface area contributed by atoms with E-state index in [0.29, 0.717) is 24.1 Å². The Morgan fingerprint density at radius 2 is 0.817 bits per heavy atom. The topological polar surface area (TPSA) is 94.1 Å². The van der Waals surface area contributed by atoms with Crippen LogP contribution in [0.2, 0.25) is 0 Å². The van der Waals surface area contributed by atoms with Crippen LogP contribution in [-0.2, 0) is 27.9 Å². The van der Waals surface area contributed by atoms with Crippen LogP contribution in [-0.4, -0.2) is 70.7 Å². The maximum absolute atomic E-state index is 12.8. The van der Waals surface area contributed by atoms with E-state index in [-0.39, 0.29) is 25.8 Å². The number of esters is 1. The van der Waals surface area contributed by atoms with E-state index in [2.05, 4.69) is 86.8 Å².